The van der Waals surface area contributed by atoms with E-state index in [1.54, 1.807) is 6.07 Å². The van der Waals surface area contributed by atoms with E-state index in [4.69, 9.17) is 0 Å². The zero-order chi connectivity index (χ0) is 11.4. The summed E-state index contributed by atoms with van der Waals surface area (Å²) < 4.78 is 0.549. The van der Waals surface area contributed by atoms with Crippen molar-refractivity contribution >= 4 is 27.7 Å². The molecule has 0 saturated carbocycles. The van der Waals surface area contributed by atoms with E-state index in [2.05, 4.69) is 15.9 Å². The number of rotatable bonds is 3. The van der Waals surface area contributed by atoms with Crippen LogP contribution in [0.1, 0.15) is 5.56 Å². The van der Waals surface area contributed by atoms with Gasteiger partial charge in [-0.25, -0.2) is 0 Å². The van der Waals surface area contributed by atoms with E-state index in [0.717, 1.165) is 6.08 Å². The number of halogens is 1. The van der Waals surface area contributed by atoms with Gasteiger partial charge >= 0.3 is 0 Å². The van der Waals surface area contributed by atoms with Crippen molar-refractivity contribution in [2.75, 3.05) is 0 Å². The van der Waals surface area contributed by atoms with Crippen LogP contribution in [0.4, 0.5) is 5.69 Å². The van der Waals surface area contributed by atoms with E-state index >= 15 is 0 Å². The zero-order valence-corrected chi connectivity index (χ0v) is 8.88. The first-order valence-corrected chi connectivity index (χ1v) is 4.55. The number of benzene rings is 1. The first kappa shape index (κ1) is 11.3. The maximum atomic E-state index is 10.6. The van der Waals surface area contributed by atoms with Gasteiger partial charge in [-0.3, -0.25) is 20.2 Å². The summed E-state index contributed by atoms with van der Waals surface area (Å²) in [4.78, 5) is 19.4. The van der Waals surface area contributed by atoms with E-state index in [0.29, 0.717) is 10.7 Å². The van der Waals surface area contributed by atoms with E-state index in [1.165, 1.54) is 12.1 Å². The molecule has 0 unspecified atom stereocenters. The number of nitro groups is 2. The van der Waals surface area contributed by atoms with Gasteiger partial charge in [0, 0.05) is 16.6 Å². The van der Waals surface area contributed by atoms with Gasteiger partial charge in [0.25, 0.3) is 5.69 Å². The molecule has 0 aliphatic rings. The molecule has 0 amide bonds. The summed E-state index contributed by atoms with van der Waals surface area (Å²) in [5.41, 5.74) is 0.0161. The number of hydrogen-bond acceptors (Lipinski definition) is 4. The van der Waals surface area contributed by atoms with Gasteiger partial charge in [-0.2, -0.15) is 0 Å². The van der Waals surface area contributed by atoms with Crippen LogP contribution in [0.25, 0.3) is 6.08 Å². The third-order valence-corrected chi connectivity index (χ3v) is 2.06. The van der Waals surface area contributed by atoms with Gasteiger partial charge in [0.05, 0.1) is 15.4 Å². The lowest BCUT2D eigenvalue weighted by Crippen LogP contribution is -1.92. The maximum Gasteiger partial charge on any atom is 0.277 e. The molecule has 15 heavy (non-hydrogen) atoms. The van der Waals surface area contributed by atoms with Gasteiger partial charge in [0.15, 0.2) is 0 Å². The van der Waals surface area contributed by atoms with E-state index in [1.807, 2.05) is 0 Å². The molecule has 78 valence electrons. The van der Waals surface area contributed by atoms with Crippen LogP contribution in [0.2, 0.25) is 0 Å². The largest absolute Gasteiger partial charge is 0.277 e. The van der Waals surface area contributed by atoms with Crippen LogP contribution in [0.5, 0.6) is 0 Å². The Labute approximate surface area is 92.6 Å². The molecule has 0 bridgehead atoms. The Bertz CT molecular complexity index is 444. The molecule has 0 saturated heterocycles. The number of nitrogens with zero attached hydrogens (tertiary/aromatic N) is 2. The Hall–Kier alpha value is -1.76. The van der Waals surface area contributed by atoms with E-state index in [-0.39, 0.29) is 11.3 Å². The molecule has 1 rings (SSSR count). The summed E-state index contributed by atoms with van der Waals surface area (Å²) in [5, 5.41) is 20.7. The predicted octanol–water partition coefficient (Wildman–Crippen LogP) is 2.60. The summed E-state index contributed by atoms with van der Waals surface area (Å²) in [7, 11) is 0. The molecular formula is C8H5BrN2O4. The number of hydrogen-bond donors (Lipinski definition) is 0. The molecule has 0 fully saturated rings. The fraction of sp³-hybridized carbons (Fsp3) is 0. The third kappa shape index (κ3) is 3.13. The van der Waals surface area contributed by atoms with Gasteiger partial charge in [-0.15, -0.1) is 0 Å². The van der Waals surface area contributed by atoms with Crippen LogP contribution in [0.3, 0.4) is 0 Å². The van der Waals surface area contributed by atoms with Crippen molar-refractivity contribution < 1.29 is 9.85 Å². The van der Waals surface area contributed by atoms with Gasteiger partial charge in [0.2, 0.25) is 6.20 Å². The standard InChI is InChI=1S/C8H5BrN2O4/c9-7-2-1-6(3-4-10(12)13)8(5-7)11(14)15/h1-5H/b4-3+. The normalized spacial score (nSPS) is 10.5. The monoisotopic (exact) mass is 272 g/mol. The first-order valence-electron chi connectivity index (χ1n) is 3.76. The van der Waals surface area contributed by atoms with Crippen molar-refractivity contribution in [3.8, 4) is 0 Å². The Morgan fingerprint density at radius 2 is 1.93 bits per heavy atom. The van der Waals surface area contributed by atoms with Crippen molar-refractivity contribution in [3.63, 3.8) is 0 Å². The van der Waals surface area contributed by atoms with Gasteiger partial charge in [-0.1, -0.05) is 15.9 Å². The second kappa shape index (κ2) is 4.65. The zero-order valence-electron chi connectivity index (χ0n) is 7.29. The summed E-state index contributed by atoms with van der Waals surface area (Å²) in [6, 6.07) is 4.30. The molecule has 0 spiro atoms. The summed E-state index contributed by atoms with van der Waals surface area (Å²) in [6.07, 6.45) is 1.75. The molecule has 6 nitrogen and oxygen atoms in total. The second-order valence-corrected chi connectivity index (χ2v) is 3.48. The van der Waals surface area contributed by atoms with Crippen molar-refractivity contribution in [2.45, 2.75) is 0 Å². The highest BCUT2D eigenvalue weighted by atomic mass is 79.9. The highest BCUT2D eigenvalue weighted by Gasteiger charge is 2.12. The molecule has 0 heterocycles. The van der Waals surface area contributed by atoms with Crippen LogP contribution in [0, 0.1) is 20.2 Å². The molecule has 0 aliphatic heterocycles. The summed E-state index contributed by atoms with van der Waals surface area (Å²) in [5.74, 6) is 0. The van der Waals surface area contributed by atoms with Gasteiger partial charge in [0.1, 0.15) is 0 Å². The molecule has 0 atom stereocenters. The molecule has 0 aliphatic carbocycles. The quantitative estimate of drug-likeness (QED) is 0.625. The predicted molar refractivity (Wildman–Crippen MR) is 56.8 cm³/mol. The average Bonchev–Trinajstić information content (AvgIpc) is 2.15. The fourth-order valence-electron chi connectivity index (χ4n) is 0.957. The molecule has 1 aromatic carbocycles. The lowest BCUT2D eigenvalue weighted by molar-refractivity contribution is -0.401. The molecule has 1 aromatic rings. The van der Waals surface area contributed by atoms with Crippen LogP contribution >= 0.6 is 15.9 Å². The SMILES string of the molecule is O=[N+]([O-])/C=C/c1ccc(Br)cc1[N+](=O)[O-]. The minimum atomic E-state index is -0.675. The molecule has 0 aromatic heterocycles. The van der Waals surface area contributed by atoms with Gasteiger partial charge in [-0.05, 0) is 12.1 Å². The Kier molecular flexibility index (Phi) is 3.51. The van der Waals surface area contributed by atoms with E-state index < -0.39 is 9.85 Å². The molecule has 0 N–H and O–H groups in total. The Morgan fingerprint density at radius 3 is 2.47 bits per heavy atom. The molecule has 0 radical (unpaired) electrons. The van der Waals surface area contributed by atoms with Crippen LogP contribution in [-0.4, -0.2) is 9.85 Å². The highest BCUT2D eigenvalue weighted by molar-refractivity contribution is 9.10. The van der Waals surface area contributed by atoms with Crippen LogP contribution in [0.15, 0.2) is 28.9 Å². The van der Waals surface area contributed by atoms with Crippen LogP contribution < -0.4 is 0 Å². The minimum Gasteiger partial charge on any atom is -0.259 e. The molecular weight excluding hydrogens is 268 g/mol. The third-order valence-electron chi connectivity index (χ3n) is 1.56. The lowest BCUT2D eigenvalue weighted by Gasteiger charge is -1.96. The highest BCUT2D eigenvalue weighted by Crippen LogP contribution is 2.24. The Balaban J connectivity index is 3.17. The van der Waals surface area contributed by atoms with Crippen molar-refractivity contribution in [2.24, 2.45) is 0 Å². The van der Waals surface area contributed by atoms with Gasteiger partial charge < -0.3 is 0 Å². The summed E-state index contributed by atoms with van der Waals surface area (Å²) >= 11 is 3.08. The topological polar surface area (TPSA) is 86.3 Å². The van der Waals surface area contributed by atoms with Crippen molar-refractivity contribution in [3.05, 3.63) is 54.7 Å². The van der Waals surface area contributed by atoms with Crippen molar-refractivity contribution in [1.82, 2.24) is 0 Å². The first-order chi connectivity index (χ1) is 7.00. The number of nitro benzene ring substituents is 1. The fourth-order valence-corrected chi connectivity index (χ4v) is 1.31. The van der Waals surface area contributed by atoms with Crippen LogP contribution in [-0.2, 0) is 0 Å². The molecule has 7 heteroatoms. The smallest absolute Gasteiger partial charge is 0.259 e. The maximum absolute atomic E-state index is 10.6. The lowest BCUT2D eigenvalue weighted by atomic mass is 10.2. The Morgan fingerprint density at radius 1 is 1.27 bits per heavy atom. The minimum absolute atomic E-state index is 0.178. The van der Waals surface area contributed by atoms with Crippen molar-refractivity contribution in [1.29, 1.82) is 0 Å². The average molecular weight is 273 g/mol. The van der Waals surface area contributed by atoms with E-state index in [9.17, 15) is 20.2 Å². The summed E-state index contributed by atoms with van der Waals surface area (Å²) in [6.45, 7) is 0. The second-order valence-electron chi connectivity index (χ2n) is 2.56.